The molecule has 3 nitrogen and oxygen atoms in total. The van der Waals surface area contributed by atoms with E-state index in [9.17, 15) is 0 Å². The van der Waals surface area contributed by atoms with Crippen molar-refractivity contribution in [2.24, 2.45) is 0 Å². The topological polar surface area (TPSA) is 27.7 Å². The summed E-state index contributed by atoms with van der Waals surface area (Å²) in [6.45, 7) is 5.86. The van der Waals surface area contributed by atoms with Gasteiger partial charge in [-0.1, -0.05) is 45.9 Å². The van der Waals surface area contributed by atoms with Crippen LogP contribution in [-0.4, -0.2) is 21.5 Å². The van der Waals surface area contributed by atoms with Gasteiger partial charge in [-0.25, -0.2) is 0 Å². The normalized spacial score (nSPS) is 55.5. The van der Waals surface area contributed by atoms with Gasteiger partial charge < -0.3 is 12.3 Å². The van der Waals surface area contributed by atoms with E-state index in [1.807, 2.05) is 19.6 Å². The summed E-state index contributed by atoms with van der Waals surface area (Å²) in [7, 11) is -6.43. The molecule has 0 aromatic heterocycles. The highest BCUT2D eigenvalue weighted by Crippen LogP contribution is 2.38. The van der Waals surface area contributed by atoms with Crippen LogP contribution in [-0.2, 0) is 12.3 Å². The van der Waals surface area contributed by atoms with E-state index in [2.05, 4.69) is 45.9 Å². The van der Waals surface area contributed by atoms with Crippen LogP contribution in [0, 0.1) is 0 Å². The summed E-state index contributed by atoms with van der Waals surface area (Å²) in [5.74, 6) is 0. The average molecular weight is 417 g/mol. The van der Waals surface area contributed by atoms with Gasteiger partial charge in [-0.2, -0.15) is 0 Å². The maximum absolute atomic E-state index is 5.67. The van der Waals surface area contributed by atoms with Crippen LogP contribution < -0.4 is 0 Å². The van der Waals surface area contributed by atoms with Crippen molar-refractivity contribution in [3.8, 4) is 0 Å². The van der Waals surface area contributed by atoms with Gasteiger partial charge >= 0.3 is 21.5 Å². The third kappa shape index (κ3) is 3.61. The third-order valence-electron chi connectivity index (χ3n) is 1.09. The van der Waals surface area contributed by atoms with E-state index in [1.165, 1.54) is 0 Å². The SMILES string of the molecule is C[Si]1(Br)O[Si](C)(Br)O[Si](C)(Br)O1. The number of halogens is 3. The lowest BCUT2D eigenvalue weighted by atomic mass is 11.9. The standard InChI is InChI=1S/C3H9Br3O3Si3/c1-10(4)7-11(2,5)9-12(3,6)8-10/h1-3H3. The van der Waals surface area contributed by atoms with Crippen LogP contribution in [0.4, 0.5) is 0 Å². The first-order chi connectivity index (χ1) is 5.12. The molecule has 0 N–H and O–H groups in total. The molecule has 1 rings (SSSR count). The monoisotopic (exact) mass is 414 g/mol. The Labute approximate surface area is 98.6 Å². The molecule has 0 unspecified atom stereocenters. The molecule has 72 valence electrons. The second-order valence-electron chi connectivity index (χ2n) is 2.81. The maximum Gasteiger partial charge on any atom is 0.394 e. The first-order valence-corrected chi connectivity index (χ1v) is 17.0. The van der Waals surface area contributed by atoms with E-state index in [0.29, 0.717) is 0 Å². The van der Waals surface area contributed by atoms with Gasteiger partial charge in [-0.05, 0) is 19.6 Å². The summed E-state index contributed by atoms with van der Waals surface area (Å²) in [4.78, 5) is 0. The third-order valence-corrected chi connectivity index (χ3v) is 18.6. The van der Waals surface area contributed by atoms with E-state index in [0.717, 1.165) is 0 Å². The Bertz CT molecular complexity index is 151. The Morgan fingerprint density at radius 2 is 0.833 bits per heavy atom. The van der Waals surface area contributed by atoms with Crippen LogP contribution in [0.1, 0.15) is 0 Å². The lowest BCUT2D eigenvalue weighted by molar-refractivity contribution is 0.279. The zero-order valence-corrected chi connectivity index (χ0v) is 14.6. The molecule has 0 spiro atoms. The predicted molar refractivity (Wildman–Crippen MR) is 64.9 cm³/mol. The van der Waals surface area contributed by atoms with E-state index >= 15 is 0 Å². The Balaban J connectivity index is 2.81. The number of hydrogen-bond donors (Lipinski definition) is 0. The van der Waals surface area contributed by atoms with Gasteiger partial charge in [-0.15, -0.1) is 0 Å². The maximum atomic E-state index is 5.67. The van der Waals surface area contributed by atoms with Crippen LogP contribution in [0.5, 0.6) is 0 Å². The molecular formula is C3H9Br3O3Si3. The molecule has 0 saturated carbocycles. The fourth-order valence-corrected chi connectivity index (χ4v) is 33.0. The van der Waals surface area contributed by atoms with Gasteiger partial charge in [0, 0.05) is 0 Å². The zero-order chi connectivity index (χ0) is 9.62. The van der Waals surface area contributed by atoms with Gasteiger partial charge in [0.15, 0.2) is 0 Å². The lowest BCUT2D eigenvalue weighted by Gasteiger charge is -2.42. The smallest absolute Gasteiger partial charge is 0.394 e. The first kappa shape index (κ1) is 12.0. The summed E-state index contributed by atoms with van der Waals surface area (Å²) in [5, 5.41) is 0. The molecule has 0 aromatic rings. The molecule has 1 heterocycles. The molecule has 1 aliphatic rings. The van der Waals surface area contributed by atoms with E-state index in [4.69, 9.17) is 12.3 Å². The van der Waals surface area contributed by atoms with Crippen molar-refractivity contribution >= 4 is 67.4 Å². The van der Waals surface area contributed by atoms with Gasteiger partial charge in [0.1, 0.15) is 0 Å². The number of hydrogen-bond acceptors (Lipinski definition) is 3. The molecule has 1 saturated heterocycles. The fourth-order valence-electron chi connectivity index (χ4n) is 1.04. The van der Waals surface area contributed by atoms with Crippen LogP contribution in [0.25, 0.3) is 0 Å². The summed E-state index contributed by atoms with van der Waals surface area (Å²) in [6.07, 6.45) is 0. The average Bonchev–Trinajstić information content (AvgIpc) is 1.44. The molecule has 12 heavy (non-hydrogen) atoms. The van der Waals surface area contributed by atoms with E-state index in [-0.39, 0.29) is 0 Å². The largest absolute Gasteiger partial charge is 0.399 e. The van der Waals surface area contributed by atoms with Crippen molar-refractivity contribution in [3.05, 3.63) is 0 Å². The van der Waals surface area contributed by atoms with E-state index < -0.39 is 21.5 Å². The highest BCUT2D eigenvalue weighted by Gasteiger charge is 2.54. The molecule has 0 amide bonds. The molecule has 9 heteroatoms. The highest BCUT2D eigenvalue weighted by molar-refractivity contribution is 9.28. The minimum Gasteiger partial charge on any atom is -0.399 e. The van der Waals surface area contributed by atoms with Crippen molar-refractivity contribution in [2.45, 2.75) is 19.6 Å². The zero-order valence-electron chi connectivity index (χ0n) is 6.86. The Morgan fingerprint density at radius 1 is 0.667 bits per heavy atom. The summed E-state index contributed by atoms with van der Waals surface area (Å²) < 4.78 is 17.0. The Hall–Kier alpha value is 1.97. The molecule has 0 aliphatic carbocycles. The van der Waals surface area contributed by atoms with Gasteiger partial charge in [0.05, 0.1) is 0 Å². The van der Waals surface area contributed by atoms with Crippen LogP contribution in [0.15, 0.2) is 0 Å². The van der Waals surface area contributed by atoms with Gasteiger partial charge in [0.25, 0.3) is 0 Å². The molecule has 0 radical (unpaired) electrons. The Kier molecular flexibility index (Phi) is 3.53. The number of rotatable bonds is 0. The second kappa shape index (κ2) is 3.52. The Morgan fingerprint density at radius 3 is 1.00 bits per heavy atom. The molecule has 0 atom stereocenters. The quantitative estimate of drug-likeness (QED) is 0.449. The van der Waals surface area contributed by atoms with Crippen LogP contribution >= 0.6 is 45.9 Å². The lowest BCUT2D eigenvalue weighted by Crippen LogP contribution is -2.60. The summed E-state index contributed by atoms with van der Waals surface area (Å²) in [6, 6.07) is 0. The molecule has 1 aliphatic heterocycles. The van der Waals surface area contributed by atoms with E-state index in [1.54, 1.807) is 0 Å². The minimum absolute atomic E-state index is 1.95. The molecule has 0 aromatic carbocycles. The van der Waals surface area contributed by atoms with Crippen molar-refractivity contribution in [1.82, 2.24) is 0 Å². The predicted octanol–water partition coefficient (Wildman–Crippen LogP) is 2.94. The molecule has 1 fully saturated rings. The van der Waals surface area contributed by atoms with Gasteiger partial charge in [-0.3, -0.25) is 0 Å². The van der Waals surface area contributed by atoms with Crippen molar-refractivity contribution < 1.29 is 12.3 Å². The van der Waals surface area contributed by atoms with Crippen molar-refractivity contribution in [2.75, 3.05) is 0 Å². The van der Waals surface area contributed by atoms with Crippen LogP contribution in [0.2, 0.25) is 19.6 Å². The molecular weight excluding hydrogens is 408 g/mol. The highest BCUT2D eigenvalue weighted by atomic mass is 79.9. The summed E-state index contributed by atoms with van der Waals surface area (Å²) >= 11 is 10.4. The minimum atomic E-state index is -2.14. The molecule has 0 bridgehead atoms. The fraction of sp³-hybridized carbons (Fsp3) is 1.00. The second-order valence-corrected chi connectivity index (χ2v) is 23.2. The summed E-state index contributed by atoms with van der Waals surface area (Å²) in [5.41, 5.74) is 0. The van der Waals surface area contributed by atoms with Crippen LogP contribution in [0.3, 0.4) is 0 Å². The van der Waals surface area contributed by atoms with Crippen molar-refractivity contribution in [3.63, 3.8) is 0 Å². The van der Waals surface area contributed by atoms with Crippen molar-refractivity contribution in [1.29, 1.82) is 0 Å². The van der Waals surface area contributed by atoms with Gasteiger partial charge in [0.2, 0.25) is 0 Å². The first-order valence-electron chi connectivity index (χ1n) is 3.29.